The third-order valence-corrected chi connectivity index (χ3v) is 4.50. The molecule has 1 amide bonds. The van der Waals surface area contributed by atoms with Gasteiger partial charge in [0.1, 0.15) is 11.5 Å². The van der Waals surface area contributed by atoms with E-state index in [4.69, 9.17) is 4.42 Å². The Hall–Kier alpha value is -2.08. The molecule has 0 saturated carbocycles. The van der Waals surface area contributed by atoms with E-state index in [9.17, 15) is 13.2 Å². The summed E-state index contributed by atoms with van der Waals surface area (Å²) in [6.45, 7) is 6.03. The van der Waals surface area contributed by atoms with Crippen molar-refractivity contribution in [2.45, 2.75) is 39.0 Å². The van der Waals surface area contributed by atoms with Crippen LogP contribution in [0.25, 0.3) is 0 Å². The van der Waals surface area contributed by atoms with E-state index in [1.807, 2.05) is 13.8 Å². The monoisotopic (exact) mass is 349 g/mol. The van der Waals surface area contributed by atoms with Crippen LogP contribution in [0.1, 0.15) is 39.9 Å². The summed E-state index contributed by atoms with van der Waals surface area (Å²) in [5, 5.41) is 2.88. The molecule has 2 aromatic rings. The number of carbonyl (C=O) groups excluding carboxylic acids is 1. The predicted octanol–water partition coefficient (Wildman–Crippen LogP) is 2.80. The van der Waals surface area contributed by atoms with E-state index in [1.165, 1.54) is 28.8 Å². The summed E-state index contributed by atoms with van der Waals surface area (Å²) in [4.78, 5) is 12.2. The molecular formula is C18H23NO4S. The van der Waals surface area contributed by atoms with Crippen LogP contribution in [0.2, 0.25) is 0 Å². The average Bonchev–Trinajstić information content (AvgIpc) is 2.88. The molecule has 1 heterocycles. The van der Waals surface area contributed by atoms with Crippen molar-refractivity contribution in [1.82, 2.24) is 5.32 Å². The Morgan fingerprint density at radius 3 is 2.54 bits per heavy atom. The molecule has 0 aliphatic carbocycles. The Morgan fingerprint density at radius 2 is 1.92 bits per heavy atom. The number of furan rings is 1. The van der Waals surface area contributed by atoms with Crippen LogP contribution >= 0.6 is 0 Å². The smallest absolute Gasteiger partial charge is 0.287 e. The molecule has 0 saturated heterocycles. The molecular weight excluding hydrogens is 326 g/mol. The van der Waals surface area contributed by atoms with Crippen molar-refractivity contribution in [1.29, 1.82) is 0 Å². The van der Waals surface area contributed by atoms with Crippen molar-refractivity contribution < 1.29 is 17.6 Å². The SMILES string of the molecule is Cc1ccc(CC(C)NC(=O)c2ccc(CS(C)(=O)=O)o2)c(C)c1. The number of nitrogens with one attached hydrogen (secondary N) is 1. The third kappa shape index (κ3) is 5.23. The molecule has 1 aromatic carbocycles. The topological polar surface area (TPSA) is 76.4 Å². The zero-order valence-corrected chi connectivity index (χ0v) is 15.2. The zero-order valence-electron chi connectivity index (χ0n) is 14.4. The maximum atomic E-state index is 12.2. The number of aryl methyl sites for hydroxylation is 2. The Balaban J connectivity index is 1.98. The van der Waals surface area contributed by atoms with Gasteiger partial charge in [0.2, 0.25) is 0 Å². The Labute approximate surface area is 143 Å². The fourth-order valence-corrected chi connectivity index (χ4v) is 3.26. The Bertz CT molecular complexity index is 836. The summed E-state index contributed by atoms with van der Waals surface area (Å²) in [7, 11) is -3.19. The van der Waals surface area contributed by atoms with Crippen molar-refractivity contribution in [2.75, 3.05) is 6.26 Å². The van der Waals surface area contributed by atoms with Gasteiger partial charge in [0, 0.05) is 12.3 Å². The summed E-state index contributed by atoms with van der Waals surface area (Å²) in [6, 6.07) is 9.20. The van der Waals surface area contributed by atoms with Crippen LogP contribution < -0.4 is 5.32 Å². The second kappa shape index (κ2) is 7.21. The maximum Gasteiger partial charge on any atom is 0.287 e. The van der Waals surface area contributed by atoms with Gasteiger partial charge < -0.3 is 9.73 Å². The third-order valence-electron chi connectivity index (χ3n) is 3.69. The number of benzene rings is 1. The molecule has 2 rings (SSSR count). The lowest BCUT2D eigenvalue weighted by molar-refractivity contribution is 0.0910. The van der Waals surface area contributed by atoms with E-state index in [1.54, 1.807) is 0 Å². The summed E-state index contributed by atoms with van der Waals surface area (Å²) in [5.41, 5.74) is 3.59. The van der Waals surface area contributed by atoms with Crippen LogP contribution in [0.15, 0.2) is 34.7 Å². The fraction of sp³-hybridized carbons (Fsp3) is 0.389. The van der Waals surface area contributed by atoms with Crippen LogP contribution in [0.3, 0.4) is 0 Å². The number of amides is 1. The van der Waals surface area contributed by atoms with Gasteiger partial charge in [-0.25, -0.2) is 8.42 Å². The van der Waals surface area contributed by atoms with Gasteiger partial charge in [0.05, 0.1) is 0 Å². The minimum atomic E-state index is -3.19. The summed E-state index contributed by atoms with van der Waals surface area (Å²) < 4.78 is 27.8. The lowest BCUT2D eigenvalue weighted by Gasteiger charge is -2.15. The minimum absolute atomic E-state index is 0.0673. The highest BCUT2D eigenvalue weighted by atomic mass is 32.2. The number of carbonyl (C=O) groups is 1. The summed E-state index contributed by atoms with van der Waals surface area (Å²) >= 11 is 0. The van der Waals surface area contributed by atoms with Crippen molar-refractivity contribution in [3.63, 3.8) is 0 Å². The minimum Gasteiger partial charge on any atom is -0.455 e. The lowest BCUT2D eigenvalue weighted by Crippen LogP contribution is -2.34. The first-order valence-electron chi connectivity index (χ1n) is 7.77. The van der Waals surface area contributed by atoms with Crippen LogP contribution in [-0.4, -0.2) is 26.6 Å². The Kier molecular flexibility index (Phi) is 5.49. The van der Waals surface area contributed by atoms with Crippen molar-refractivity contribution >= 4 is 15.7 Å². The van der Waals surface area contributed by atoms with Crippen LogP contribution in [0.4, 0.5) is 0 Å². The average molecular weight is 349 g/mol. The molecule has 0 radical (unpaired) electrons. The van der Waals surface area contributed by atoms with Crippen molar-refractivity contribution in [3.8, 4) is 0 Å². The van der Waals surface area contributed by atoms with Gasteiger partial charge in [0.25, 0.3) is 5.91 Å². The highest BCUT2D eigenvalue weighted by Crippen LogP contribution is 2.14. The van der Waals surface area contributed by atoms with Crippen LogP contribution in [0.5, 0.6) is 0 Å². The molecule has 1 N–H and O–H groups in total. The number of hydrogen-bond acceptors (Lipinski definition) is 4. The molecule has 5 nitrogen and oxygen atoms in total. The second-order valence-electron chi connectivity index (χ2n) is 6.34. The predicted molar refractivity (Wildman–Crippen MR) is 93.8 cm³/mol. The van der Waals surface area contributed by atoms with Crippen molar-refractivity contribution in [3.05, 3.63) is 58.5 Å². The Morgan fingerprint density at radius 1 is 1.21 bits per heavy atom. The van der Waals surface area contributed by atoms with E-state index >= 15 is 0 Å². The van der Waals surface area contributed by atoms with Crippen LogP contribution in [0, 0.1) is 13.8 Å². The van der Waals surface area contributed by atoms with Gasteiger partial charge >= 0.3 is 0 Å². The number of hydrogen-bond donors (Lipinski definition) is 1. The summed E-state index contributed by atoms with van der Waals surface area (Å²) in [5.74, 6) is -0.156. The molecule has 1 unspecified atom stereocenters. The van der Waals surface area contributed by atoms with E-state index in [0.29, 0.717) is 0 Å². The highest BCUT2D eigenvalue weighted by Gasteiger charge is 2.16. The van der Waals surface area contributed by atoms with E-state index < -0.39 is 9.84 Å². The van der Waals surface area contributed by atoms with E-state index in [2.05, 4.69) is 30.4 Å². The number of rotatable bonds is 6. The first-order valence-corrected chi connectivity index (χ1v) is 9.83. The number of sulfone groups is 1. The summed E-state index contributed by atoms with van der Waals surface area (Å²) in [6.07, 6.45) is 1.84. The van der Waals surface area contributed by atoms with Gasteiger partial charge in [0.15, 0.2) is 15.6 Å². The molecule has 24 heavy (non-hydrogen) atoms. The molecule has 130 valence electrons. The highest BCUT2D eigenvalue weighted by molar-refractivity contribution is 7.89. The molecule has 0 fully saturated rings. The molecule has 6 heteroatoms. The molecule has 0 aliphatic heterocycles. The fourth-order valence-electron chi connectivity index (χ4n) is 2.59. The zero-order chi connectivity index (χ0) is 17.9. The normalized spacial score (nSPS) is 12.8. The largest absolute Gasteiger partial charge is 0.455 e. The first-order chi connectivity index (χ1) is 11.1. The van der Waals surface area contributed by atoms with E-state index in [0.717, 1.165) is 12.7 Å². The van der Waals surface area contributed by atoms with Gasteiger partial charge in [-0.05, 0) is 50.5 Å². The standard InChI is InChI=1S/C18H23NO4S/c1-12-5-6-15(13(2)9-12)10-14(3)19-18(20)17-8-7-16(23-17)11-24(4,21)22/h5-9,14H,10-11H2,1-4H3,(H,19,20). The quantitative estimate of drug-likeness (QED) is 0.870. The van der Waals surface area contributed by atoms with Crippen LogP contribution in [-0.2, 0) is 22.0 Å². The molecule has 0 bridgehead atoms. The van der Waals surface area contributed by atoms with Gasteiger partial charge in [-0.1, -0.05) is 23.8 Å². The van der Waals surface area contributed by atoms with Gasteiger partial charge in [-0.3, -0.25) is 4.79 Å². The van der Waals surface area contributed by atoms with Gasteiger partial charge in [-0.2, -0.15) is 0 Å². The molecule has 1 aromatic heterocycles. The molecule has 0 aliphatic rings. The molecule has 0 spiro atoms. The lowest BCUT2D eigenvalue weighted by atomic mass is 10.00. The first kappa shape index (κ1) is 18.3. The van der Waals surface area contributed by atoms with E-state index in [-0.39, 0.29) is 29.2 Å². The maximum absolute atomic E-state index is 12.2. The van der Waals surface area contributed by atoms with Crippen molar-refractivity contribution in [2.24, 2.45) is 0 Å². The molecule has 1 atom stereocenters. The van der Waals surface area contributed by atoms with Gasteiger partial charge in [-0.15, -0.1) is 0 Å². The second-order valence-corrected chi connectivity index (χ2v) is 8.48.